The number of rotatable bonds is 2. The SMILES string of the molecule is O=c1c(-c2cccs2)nnc2sc(C3CCCN3)nn12. The summed E-state index contributed by atoms with van der Waals surface area (Å²) in [4.78, 5) is 13.8. The van der Waals surface area contributed by atoms with Crippen molar-refractivity contribution in [3.63, 3.8) is 0 Å². The molecule has 1 aliphatic rings. The van der Waals surface area contributed by atoms with E-state index in [0.717, 1.165) is 29.3 Å². The average molecular weight is 305 g/mol. The van der Waals surface area contributed by atoms with Crippen molar-refractivity contribution in [2.24, 2.45) is 0 Å². The Labute approximate surface area is 122 Å². The smallest absolute Gasteiger partial charge is 0.302 e. The van der Waals surface area contributed by atoms with Gasteiger partial charge in [0.2, 0.25) is 4.96 Å². The molecule has 0 aliphatic carbocycles. The standard InChI is InChI=1S/C12H11N5OS2/c18-11-9(8-4-2-6-19-8)14-15-12-17(11)16-10(20-12)7-3-1-5-13-7/h2,4,6-7,13H,1,3,5H2. The van der Waals surface area contributed by atoms with Gasteiger partial charge in [-0.25, -0.2) is 0 Å². The molecule has 3 aromatic rings. The van der Waals surface area contributed by atoms with Crippen molar-refractivity contribution in [3.8, 4) is 10.6 Å². The highest BCUT2D eigenvalue weighted by Crippen LogP contribution is 2.26. The third-order valence-electron chi connectivity index (χ3n) is 3.32. The van der Waals surface area contributed by atoms with Gasteiger partial charge < -0.3 is 5.32 Å². The molecule has 4 heterocycles. The van der Waals surface area contributed by atoms with Crippen molar-refractivity contribution in [1.82, 2.24) is 25.1 Å². The molecule has 1 aliphatic heterocycles. The molecule has 0 radical (unpaired) electrons. The summed E-state index contributed by atoms with van der Waals surface area (Å²) in [6, 6.07) is 4.01. The summed E-state index contributed by atoms with van der Waals surface area (Å²) in [6.07, 6.45) is 2.20. The second-order valence-corrected chi connectivity index (χ2v) is 6.55. The van der Waals surface area contributed by atoms with Crippen LogP contribution in [0.25, 0.3) is 15.5 Å². The third kappa shape index (κ3) is 1.88. The van der Waals surface area contributed by atoms with Gasteiger partial charge in [0.15, 0.2) is 5.69 Å². The van der Waals surface area contributed by atoms with Crippen LogP contribution in [0.15, 0.2) is 22.3 Å². The van der Waals surface area contributed by atoms with Crippen LogP contribution >= 0.6 is 22.7 Å². The lowest BCUT2D eigenvalue weighted by atomic mass is 10.2. The normalized spacial score (nSPS) is 18.9. The first-order valence-corrected chi connectivity index (χ1v) is 8.06. The van der Waals surface area contributed by atoms with Crippen LogP contribution in [0.5, 0.6) is 0 Å². The maximum atomic E-state index is 12.4. The zero-order valence-corrected chi connectivity index (χ0v) is 12.1. The van der Waals surface area contributed by atoms with Crippen molar-refractivity contribution in [2.45, 2.75) is 18.9 Å². The predicted octanol–water partition coefficient (Wildman–Crippen LogP) is 1.70. The Hall–Kier alpha value is -1.64. The largest absolute Gasteiger partial charge is 0.308 e. The minimum atomic E-state index is -0.196. The van der Waals surface area contributed by atoms with E-state index in [9.17, 15) is 4.79 Å². The van der Waals surface area contributed by atoms with Crippen molar-refractivity contribution in [3.05, 3.63) is 32.9 Å². The van der Waals surface area contributed by atoms with Crippen molar-refractivity contribution in [1.29, 1.82) is 0 Å². The van der Waals surface area contributed by atoms with Gasteiger partial charge in [-0.3, -0.25) is 4.79 Å². The molecular formula is C12H11N5OS2. The number of hydrogen-bond acceptors (Lipinski definition) is 7. The minimum absolute atomic E-state index is 0.196. The van der Waals surface area contributed by atoms with Gasteiger partial charge in [0.25, 0.3) is 0 Å². The van der Waals surface area contributed by atoms with Crippen LogP contribution in [-0.2, 0) is 0 Å². The Morgan fingerprint density at radius 1 is 1.40 bits per heavy atom. The van der Waals surface area contributed by atoms with Crippen molar-refractivity contribution in [2.75, 3.05) is 6.54 Å². The quantitative estimate of drug-likeness (QED) is 0.780. The second kappa shape index (κ2) is 4.72. The average Bonchev–Trinajstić information content (AvgIpc) is 3.20. The van der Waals surface area contributed by atoms with E-state index in [0.29, 0.717) is 10.7 Å². The highest BCUT2D eigenvalue weighted by Gasteiger charge is 2.22. The molecular weight excluding hydrogens is 294 g/mol. The fourth-order valence-electron chi connectivity index (χ4n) is 2.33. The number of nitrogens with one attached hydrogen (secondary N) is 1. The van der Waals surface area contributed by atoms with Gasteiger partial charge in [0.1, 0.15) is 5.01 Å². The molecule has 8 heteroatoms. The molecule has 0 amide bonds. The summed E-state index contributed by atoms with van der Waals surface area (Å²) in [7, 11) is 0. The molecule has 0 bridgehead atoms. The van der Waals surface area contributed by atoms with E-state index in [1.165, 1.54) is 27.2 Å². The van der Waals surface area contributed by atoms with Gasteiger partial charge >= 0.3 is 5.56 Å². The molecule has 102 valence electrons. The van der Waals surface area contributed by atoms with E-state index < -0.39 is 0 Å². The van der Waals surface area contributed by atoms with E-state index in [2.05, 4.69) is 20.6 Å². The van der Waals surface area contributed by atoms with Gasteiger partial charge in [-0.2, -0.15) is 9.61 Å². The highest BCUT2D eigenvalue weighted by atomic mass is 32.1. The first-order chi connectivity index (χ1) is 9.83. The summed E-state index contributed by atoms with van der Waals surface area (Å²) in [5.41, 5.74) is 0.173. The fraction of sp³-hybridized carbons (Fsp3) is 0.333. The van der Waals surface area contributed by atoms with Crippen molar-refractivity contribution < 1.29 is 0 Å². The Bertz CT molecular complexity index is 801. The molecule has 1 unspecified atom stereocenters. The van der Waals surface area contributed by atoms with Gasteiger partial charge in [-0.05, 0) is 30.8 Å². The lowest BCUT2D eigenvalue weighted by molar-refractivity contribution is 0.627. The monoisotopic (exact) mass is 305 g/mol. The van der Waals surface area contributed by atoms with Gasteiger partial charge in [-0.1, -0.05) is 17.4 Å². The minimum Gasteiger partial charge on any atom is -0.308 e. The van der Waals surface area contributed by atoms with Crippen LogP contribution in [0.4, 0.5) is 0 Å². The second-order valence-electron chi connectivity index (χ2n) is 4.61. The maximum absolute atomic E-state index is 12.4. The van der Waals surface area contributed by atoms with E-state index in [1.54, 1.807) is 0 Å². The van der Waals surface area contributed by atoms with Crippen LogP contribution in [0.3, 0.4) is 0 Å². The van der Waals surface area contributed by atoms with E-state index in [1.807, 2.05) is 17.5 Å². The molecule has 1 fully saturated rings. The Morgan fingerprint density at radius 3 is 3.10 bits per heavy atom. The van der Waals surface area contributed by atoms with Crippen LogP contribution in [-0.4, -0.2) is 26.4 Å². The van der Waals surface area contributed by atoms with E-state index in [-0.39, 0.29) is 11.6 Å². The summed E-state index contributed by atoms with van der Waals surface area (Å²) >= 11 is 2.91. The first-order valence-electron chi connectivity index (χ1n) is 6.36. The van der Waals surface area contributed by atoms with Crippen LogP contribution in [0.2, 0.25) is 0 Å². The molecule has 20 heavy (non-hydrogen) atoms. The summed E-state index contributed by atoms with van der Waals surface area (Å²) < 4.78 is 1.38. The molecule has 0 spiro atoms. The number of aromatic nitrogens is 4. The molecule has 4 rings (SSSR count). The Balaban J connectivity index is 1.86. The number of nitrogens with zero attached hydrogens (tertiary/aromatic N) is 4. The summed E-state index contributed by atoms with van der Waals surface area (Å²) in [6.45, 7) is 1.00. The summed E-state index contributed by atoms with van der Waals surface area (Å²) in [5, 5.41) is 18.8. The molecule has 1 N–H and O–H groups in total. The molecule has 6 nitrogen and oxygen atoms in total. The van der Waals surface area contributed by atoms with Crippen LogP contribution in [0.1, 0.15) is 23.9 Å². The van der Waals surface area contributed by atoms with Gasteiger partial charge in [-0.15, -0.1) is 21.5 Å². The molecule has 0 saturated carbocycles. The highest BCUT2D eigenvalue weighted by molar-refractivity contribution is 7.16. The molecule has 1 atom stereocenters. The van der Waals surface area contributed by atoms with Gasteiger partial charge in [0, 0.05) is 0 Å². The fourth-order valence-corrected chi connectivity index (χ4v) is 3.98. The first kappa shape index (κ1) is 12.1. The maximum Gasteiger partial charge on any atom is 0.302 e. The number of hydrogen-bond donors (Lipinski definition) is 1. The molecule has 3 aromatic heterocycles. The topological polar surface area (TPSA) is 72.2 Å². The summed E-state index contributed by atoms with van der Waals surface area (Å²) in [5.74, 6) is 0. The van der Waals surface area contributed by atoms with Gasteiger partial charge in [0.05, 0.1) is 10.9 Å². The number of thiophene rings is 1. The molecule has 1 saturated heterocycles. The van der Waals surface area contributed by atoms with E-state index >= 15 is 0 Å². The van der Waals surface area contributed by atoms with E-state index in [4.69, 9.17) is 0 Å². The lowest BCUT2D eigenvalue weighted by Gasteiger charge is -2.02. The zero-order chi connectivity index (χ0) is 13.5. The van der Waals surface area contributed by atoms with Crippen LogP contribution in [0, 0.1) is 0 Å². The van der Waals surface area contributed by atoms with Crippen LogP contribution < -0.4 is 10.9 Å². The number of fused-ring (bicyclic) bond motifs is 1. The Kier molecular flexibility index (Phi) is 2.86. The Morgan fingerprint density at radius 2 is 2.35 bits per heavy atom. The molecule has 0 aromatic carbocycles. The third-order valence-corrected chi connectivity index (χ3v) is 5.21. The lowest BCUT2D eigenvalue weighted by Crippen LogP contribution is -2.19. The predicted molar refractivity (Wildman–Crippen MR) is 78.2 cm³/mol. The zero-order valence-electron chi connectivity index (χ0n) is 10.4. The van der Waals surface area contributed by atoms with Crippen molar-refractivity contribution >= 4 is 27.6 Å².